The van der Waals surface area contributed by atoms with Gasteiger partial charge in [0.25, 0.3) is 0 Å². The molecule has 10 heteroatoms. The molecule has 2 N–H and O–H groups in total. The van der Waals surface area contributed by atoms with Gasteiger partial charge in [0.05, 0.1) is 28.9 Å². The lowest BCUT2D eigenvalue weighted by Gasteiger charge is -2.40. The van der Waals surface area contributed by atoms with Crippen LogP contribution in [0.4, 0.5) is 22.1 Å². The van der Waals surface area contributed by atoms with E-state index in [1.165, 1.54) is 11.2 Å². The molecule has 150 valence electrons. The van der Waals surface area contributed by atoms with Crippen molar-refractivity contribution in [3.63, 3.8) is 0 Å². The van der Waals surface area contributed by atoms with Gasteiger partial charge in [-0.1, -0.05) is 11.6 Å². The van der Waals surface area contributed by atoms with Crippen LogP contribution in [0.2, 0.25) is 5.02 Å². The van der Waals surface area contributed by atoms with Crippen LogP contribution in [0.5, 0.6) is 5.75 Å². The van der Waals surface area contributed by atoms with E-state index in [1.807, 2.05) is 0 Å². The van der Waals surface area contributed by atoms with Crippen molar-refractivity contribution in [2.45, 2.75) is 18.9 Å². The third-order valence-corrected chi connectivity index (χ3v) is 5.48. The van der Waals surface area contributed by atoms with E-state index in [1.54, 1.807) is 18.2 Å². The summed E-state index contributed by atoms with van der Waals surface area (Å²) in [4.78, 5) is 23.5. The number of rotatable bonds is 3. The van der Waals surface area contributed by atoms with Gasteiger partial charge in [-0.2, -0.15) is 5.26 Å². The lowest BCUT2D eigenvalue weighted by Crippen LogP contribution is -2.49. The molecule has 1 saturated heterocycles. The van der Waals surface area contributed by atoms with Crippen LogP contribution in [0.1, 0.15) is 18.4 Å². The highest BCUT2D eigenvalue weighted by molar-refractivity contribution is 6.33. The molecular formula is C19H19ClN6O3. The summed E-state index contributed by atoms with van der Waals surface area (Å²) in [7, 11) is 0. The molecule has 0 saturated carbocycles. The van der Waals surface area contributed by atoms with Crippen molar-refractivity contribution < 1.29 is 14.6 Å². The third-order valence-electron chi connectivity index (χ3n) is 5.16. The zero-order chi connectivity index (χ0) is 20.4. The van der Waals surface area contributed by atoms with Gasteiger partial charge in [0.2, 0.25) is 5.75 Å². The van der Waals surface area contributed by atoms with Crippen LogP contribution in [0.25, 0.3) is 0 Å². The predicted octanol–water partition coefficient (Wildman–Crippen LogP) is 3.09. The second-order valence-electron chi connectivity index (χ2n) is 6.85. The fraction of sp³-hybridized carbons (Fsp3) is 0.368. The van der Waals surface area contributed by atoms with Gasteiger partial charge in [-0.3, -0.25) is 0 Å². The Morgan fingerprint density at radius 3 is 2.79 bits per heavy atom. The summed E-state index contributed by atoms with van der Waals surface area (Å²) < 4.78 is 5.86. The molecule has 3 heterocycles. The van der Waals surface area contributed by atoms with Gasteiger partial charge >= 0.3 is 6.09 Å². The van der Waals surface area contributed by atoms with Crippen LogP contribution in [0.15, 0.2) is 24.5 Å². The largest absolute Gasteiger partial charge is 0.485 e. The maximum Gasteiger partial charge on any atom is 0.407 e. The average molecular weight is 415 g/mol. The summed E-state index contributed by atoms with van der Waals surface area (Å²) in [6, 6.07) is 7.22. The second kappa shape index (κ2) is 8.01. The Bertz CT molecular complexity index is 971. The topological polar surface area (TPSA) is 115 Å². The van der Waals surface area contributed by atoms with Crippen molar-refractivity contribution in [3.05, 3.63) is 35.1 Å². The Morgan fingerprint density at radius 1 is 1.31 bits per heavy atom. The second-order valence-corrected chi connectivity index (χ2v) is 7.26. The number of hydrogen-bond acceptors (Lipinski definition) is 7. The Labute approximate surface area is 172 Å². The minimum atomic E-state index is -0.876. The van der Waals surface area contributed by atoms with Gasteiger partial charge in [0.15, 0.2) is 11.6 Å². The minimum absolute atomic E-state index is 0.189. The van der Waals surface area contributed by atoms with Gasteiger partial charge in [0, 0.05) is 19.1 Å². The van der Waals surface area contributed by atoms with Crippen molar-refractivity contribution in [1.82, 2.24) is 14.9 Å². The van der Waals surface area contributed by atoms with Gasteiger partial charge in [-0.05, 0) is 31.0 Å². The molecule has 2 aromatic rings. The number of anilines is 3. The number of aromatic nitrogens is 2. The first kappa shape index (κ1) is 19.1. The fourth-order valence-corrected chi connectivity index (χ4v) is 3.91. The summed E-state index contributed by atoms with van der Waals surface area (Å²) in [5.41, 5.74) is 1.09. The number of nitriles is 1. The quantitative estimate of drug-likeness (QED) is 0.787. The molecule has 9 nitrogen and oxygen atoms in total. The normalized spacial score (nSPS) is 16.6. The van der Waals surface area contributed by atoms with E-state index in [0.717, 1.165) is 12.8 Å². The number of halogens is 1. The molecular weight excluding hydrogens is 396 g/mol. The summed E-state index contributed by atoms with van der Waals surface area (Å²) in [6.45, 7) is 2.17. The first-order valence-electron chi connectivity index (χ1n) is 9.26. The third kappa shape index (κ3) is 3.84. The Kier molecular flexibility index (Phi) is 5.27. The van der Waals surface area contributed by atoms with E-state index >= 15 is 0 Å². The monoisotopic (exact) mass is 414 g/mol. The minimum Gasteiger partial charge on any atom is -0.485 e. The van der Waals surface area contributed by atoms with Crippen molar-refractivity contribution in [2.24, 2.45) is 0 Å². The molecule has 0 atom stereocenters. The highest BCUT2D eigenvalue weighted by atomic mass is 35.5. The molecule has 2 aliphatic rings. The summed E-state index contributed by atoms with van der Waals surface area (Å²) in [5, 5.41) is 21.7. The van der Waals surface area contributed by atoms with E-state index in [-0.39, 0.29) is 6.04 Å². The zero-order valence-corrected chi connectivity index (χ0v) is 16.3. The highest BCUT2D eigenvalue weighted by Crippen LogP contribution is 2.39. The zero-order valence-electron chi connectivity index (χ0n) is 15.5. The van der Waals surface area contributed by atoms with E-state index in [0.29, 0.717) is 59.9 Å². The van der Waals surface area contributed by atoms with Gasteiger partial charge in [-0.25, -0.2) is 14.8 Å². The van der Waals surface area contributed by atoms with Crippen LogP contribution < -0.4 is 15.0 Å². The molecule has 0 unspecified atom stereocenters. The van der Waals surface area contributed by atoms with Crippen LogP contribution in [-0.4, -0.2) is 58.4 Å². The number of likely N-dealkylation sites (tertiary alicyclic amines) is 1. The molecule has 1 aromatic carbocycles. The van der Waals surface area contributed by atoms with Crippen molar-refractivity contribution in [3.8, 4) is 11.8 Å². The number of benzene rings is 1. The van der Waals surface area contributed by atoms with Crippen LogP contribution in [0.3, 0.4) is 0 Å². The van der Waals surface area contributed by atoms with Crippen molar-refractivity contribution in [2.75, 3.05) is 36.5 Å². The Hall–Kier alpha value is -3.25. The first-order chi connectivity index (χ1) is 14.1. The summed E-state index contributed by atoms with van der Waals surface area (Å²) in [6.07, 6.45) is 2.06. The highest BCUT2D eigenvalue weighted by Gasteiger charge is 2.32. The van der Waals surface area contributed by atoms with E-state index < -0.39 is 6.09 Å². The molecule has 4 rings (SSSR count). The number of nitrogens with zero attached hydrogens (tertiary/aromatic N) is 5. The van der Waals surface area contributed by atoms with Crippen molar-refractivity contribution >= 4 is 35.0 Å². The molecule has 2 aliphatic heterocycles. The maximum absolute atomic E-state index is 11.2. The molecule has 0 aliphatic carbocycles. The number of carbonyl (C=O) groups is 1. The summed E-state index contributed by atoms with van der Waals surface area (Å²) in [5.74, 6) is 1.72. The maximum atomic E-state index is 11.2. The molecule has 0 spiro atoms. The van der Waals surface area contributed by atoms with E-state index in [4.69, 9.17) is 26.7 Å². The van der Waals surface area contributed by atoms with E-state index in [9.17, 15) is 4.79 Å². The van der Waals surface area contributed by atoms with Crippen LogP contribution >= 0.6 is 11.6 Å². The molecule has 1 aromatic heterocycles. The molecule has 1 amide bonds. The number of carboxylic acid groups (broad SMARTS) is 1. The Morgan fingerprint density at radius 2 is 2.10 bits per heavy atom. The number of piperidine rings is 1. The average Bonchev–Trinajstić information content (AvgIpc) is 2.75. The number of nitrogens with one attached hydrogen (secondary N) is 1. The lowest BCUT2D eigenvalue weighted by molar-refractivity contribution is 0.130. The Balaban J connectivity index is 1.57. The molecule has 29 heavy (non-hydrogen) atoms. The number of ether oxygens (including phenoxy) is 1. The molecule has 0 radical (unpaired) electrons. The van der Waals surface area contributed by atoms with Gasteiger partial charge in [0.1, 0.15) is 12.9 Å². The first-order valence-corrected chi connectivity index (χ1v) is 9.63. The number of fused-ring (bicyclic) bond motifs is 1. The van der Waals surface area contributed by atoms with Crippen LogP contribution in [0, 0.1) is 11.3 Å². The summed E-state index contributed by atoms with van der Waals surface area (Å²) >= 11 is 6.27. The standard InChI is InChI=1S/C19H19ClN6O3/c20-14-9-12(10-21)1-2-15(14)24-17-16-18(23-11-22-17)26(7-8-29-16)13-3-5-25(6-4-13)19(27)28/h1-2,9,11,13H,3-8H2,(H,27,28)(H,22,23,24). The fourth-order valence-electron chi connectivity index (χ4n) is 3.68. The van der Waals surface area contributed by atoms with Gasteiger partial charge < -0.3 is 25.0 Å². The van der Waals surface area contributed by atoms with E-state index in [2.05, 4.69) is 26.3 Å². The molecule has 1 fully saturated rings. The van der Waals surface area contributed by atoms with Crippen LogP contribution in [-0.2, 0) is 0 Å². The van der Waals surface area contributed by atoms with Gasteiger partial charge in [-0.15, -0.1) is 0 Å². The SMILES string of the molecule is N#Cc1ccc(Nc2ncnc3c2OCCN3C2CCN(C(=O)O)CC2)c(Cl)c1. The number of amides is 1. The number of hydrogen-bond donors (Lipinski definition) is 2. The molecule has 0 bridgehead atoms. The van der Waals surface area contributed by atoms with Crippen molar-refractivity contribution in [1.29, 1.82) is 5.26 Å². The predicted molar refractivity (Wildman–Crippen MR) is 107 cm³/mol. The lowest BCUT2D eigenvalue weighted by atomic mass is 10.0. The smallest absolute Gasteiger partial charge is 0.407 e.